The lowest BCUT2D eigenvalue weighted by atomic mass is 10.1. The van der Waals surface area contributed by atoms with Crippen LogP contribution in [0.3, 0.4) is 0 Å². The Kier molecular flexibility index (Phi) is 5.11. The zero-order valence-corrected chi connectivity index (χ0v) is 11.2. The predicted octanol–water partition coefficient (Wildman–Crippen LogP) is 1.19. The Hall–Kier alpha value is -0.910. The molecule has 0 aliphatic heterocycles. The van der Waals surface area contributed by atoms with Gasteiger partial charge in [0, 0.05) is 12.6 Å². The van der Waals surface area contributed by atoms with E-state index in [4.69, 9.17) is 0 Å². The highest BCUT2D eigenvalue weighted by Gasteiger charge is 2.31. The standard InChI is InChI=1S/C12H19NO3S/c1-9(6-10-4-5-17-7-10)13-8-12(2,15)11(14)16-3/h4-5,7,9,13,15H,6,8H2,1-3H3. The summed E-state index contributed by atoms with van der Waals surface area (Å²) in [6, 6.07) is 2.27. The van der Waals surface area contributed by atoms with Crippen molar-refractivity contribution in [1.82, 2.24) is 5.32 Å². The van der Waals surface area contributed by atoms with Crippen LogP contribution in [-0.4, -0.2) is 36.4 Å². The average Bonchev–Trinajstić information content (AvgIpc) is 2.78. The first kappa shape index (κ1) is 14.2. The number of hydrogen-bond donors (Lipinski definition) is 2. The number of methoxy groups -OCH3 is 1. The van der Waals surface area contributed by atoms with Crippen molar-refractivity contribution in [3.8, 4) is 0 Å². The zero-order valence-electron chi connectivity index (χ0n) is 10.4. The third-order valence-corrected chi connectivity index (χ3v) is 3.27. The molecule has 0 saturated heterocycles. The van der Waals surface area contributed by atoms with E-state index < -0.39 is 11.6 Å². The number of carbonyl (C=O) groups excluding carboxylic acids is 1. The fourth-order valence-electron chi connectivity index (χ4n) is 1.50. The number of rotatable bonds is 6. The number of thiophene rings is 1. The third kappa shape index (κ3) is 4.46. The molecule has 0 aliphatic rings. The summed E-state index contributed by atoms with van der Waals surface area (Å²) in [7, 11) is 1.27. The number of carbonyl (C=O) groups is 1. The van der Waals surface area contributed by atoms with Gasteiger partial charge in [0.2, 0.25) is 0 Å². The molecule has 0 amide bonds. The molecule has 0 radical (unpaired) electrons. The van der Waals surface area contributed by atoms with Crippen LogP contribution in [0.15, 0.2) is 16.8 Å². The van der Waals surface area contributed by atoms with E-state index in [1.54, 1.807) is 11.3 Å². The maximum atomic E-state index is 11.3. The van der Waals surface area contributed by atoms with E-state index in [-0.39, 0.29) is 12.6 Å². The fourth-order valence-corrected chi connectivity index (χ4v) is 2.18. The van der Waals surface area contributed by atoms with Gasteiger partial charge in [0.1, 0.15) is 0 Å². The Labute approximate surface area is 106 Å². The Morgan fingerprint density at radius 2 is 2.41 bits per heavy atom. The van der Waals surface area contributed by atoms with Gasteiger partial charge in [0.15, 0.2) is 5.60 Å². The minimum atomic E-state index is -1.47. The number of nitrogens with one attached hydrogen (secondary N) is 1. The van der Waals surface area contributed by atoms with Crippen LogP contribution < -0.4 is 5.32 Å². The third-order valence-electron chi connectivity index (χ3n) is 2.54. The molecule has 2 atom stereocenters. The molecule has 0 saturated carbocycles. The molecule has 0 aliphatic carbocycles. The summed E-state index contributed by atoms with van der Waals surface area (Å²) < 4.78 is 4.53. The van der Waals surface area contributed by atoms with Crippen molar-refractivity contribution in [3.05, 3.63) is 22.4 Å². The summed E-state index contributed by atoms with van der Waals surface area (Å²) in [6.07, 6.45) is 0.876. The first-order valence-corrected chi connectivity index (χ1v) is 6.45. The van der Waals surface area contributed by atoms with Crippen LogP contribution in [0.5, 0.6) is 0 Å². The molecule has 0 bridgehead atoms. The van der Waals surface area contributed by atoms with Crippen molar-refractivity contribution in [3.63, 3.8) is 0 Å². The Morgan fingerprint density at radius 1 is 1.71 bits per heavy atom. The molecule has 4 nitrogen and oxygen atoms in total. The SMILES string of the molecule is COC(=O)C(C)(O)CNC(C)Cc1ccsc1. The van der Waals surface area contributed by atoms with Crippen molar-refractivity contribution in [2.24, 2.45) is 0 Å². The quantitative estimate of drug-likeness (QED) is 0.752. The number of hydrogen-bond acceptors (Lipinski definition) is 5. The van der Waals surface area contributed by atoms with Gasteiger partial charge in [-0.05, 0) is 42.7 Å². The smallest absolute Gasteiger partial charge is 0.338 e. The van der Waals surface area contributed by atoms with Gasteiger partial charge in [-0.15, -0.1) is 0 Å². The van der Waals surface area contributed by atoms with Gasteiger partial charge in [-0.1, -0.05) is 0 Å². The first-order valence-electron chi connectivity index (χ1n) is 5.51. The molecule has 5 heteroatoms. The second kappa shape index (κ2) is 6.14. The van der Waals surface area contributed by atoms with Crippen molar-refractivity contribution in [2.75, 3.05) is 13.7 Å². The molecular formula is C12H19NO3S. The Balaban J connectivity index is 2.37. The van der Waals surface area contributed by atoms with E-state index in [9.17, 15) is 9.90 Å². The summed E-state index contributed by atoms with van der Waals surface area (Å²) in [5, 5.41) is 17.1. The van der Waals surface area contributed by atoms with Crippen LogP contribution >= 0.6 is 11.3 Å². The van der Waals surface area contributed by atoms with Crippen LogP contribution in [0.1, 0.15) is 19.4 Å². The van der Waals surface area contributed by atoms with E-state index in [1.165, 1.54) is 19.6 Å². The molecule has 2 unspecified atom stereocenters. The summed E-state index contributed by atoms with van der Waals surface area (Å²) in [5.74, 6) is -0.618. The monoisotopic (exact) mass is 257 g/mol. The maximum absolute atomic E-state index is 11.3. The second-order valence-corrected chi connectivity index (χ2v) is 5.16. The van der Waals surface area contributed by atoms with Crippen LogP contribution in [-0.2, 0) is 16.0 Å². The van der Waals surface area contributed by atoms with E-state index in [0.717, 1.165) is 6.42 Å². The van der Waals surface area contributed by atoms with Crippen LogP contribution in [0.25, 0.3) is 0 Å². The van der Waals surface area contributed by atoms with Crippen molar-refractivity contribution in [2.45, 2.75) is 31.9 Å². The largest absolute Gasteiger partial charge is 0.467 e. The molecule has 1 aromatic heterocycles. The number of aliphatic hydroxyl groups is 1. The summed E-state index contributed by atoms with van der Waals surface area (Å²) in [5.41, 5.74) is -0.217. The first-order chi connectivity index (χ1) is 7.95. The zero-order chi connectivity index (χ0) is 12.9. The highest BCUT2D eigenvalue weighted by Crippen LogP contribution is 2.09. The van der Waals surface area contributed by atoms with Gasteiger partial charge in [-0.2, -0.15) is 11.3 Å². The molecule has 17 heavy (non-hydrogen) atoms. The fraction of sp³-hybridized carbons (Fsp3) is 0.583. The van der Waals surface area contributed by atoms with Crippen LogP contribution in [0.2, 0.25) is 0 Å². The highest BCUT2D eigenvalue weighted by molar-refractivity contribution is 7.07. The molecule has 0 spiro atoms. The van der Waals surface area contributed by atoms with Crippen molar-refractivity contribution < 1.29 is 14.6 Å². The van der Waals surface area contributed by atoms with Crippen molar-refractivity contribution in [1.29, 1.82) is 0 Å². The summed E-state index contributed by atoms with van der Waals surface area (Å²) in [4.78, 5) is 11.3. The van der Waals surface area contributed by atoms with Gasteiger partial charge >= 0.3 is 5.97 Å². The van der Waals surface area contributed by atoms with E-state index in [0.29, 0.717) is 0 Å². The van der Waals surface area contributed by atoms with E-state index >= 15 is 0 Å². The lowest BCUT2D eigenvalue weighted by Crippen LogP contribution is -2.48. The maximum Gasteiger partial charge on any atom is 0.338 e. The molecule has 1 rings (SSSR count). The predicted molar refractivity (Wildman–Crippen MR) is 68.1 cm³/mol. The van der Waals surface area contributed by atoms with Gasteiger partial charge in [-0.3, -0.25) is 0 Å². The minimum absolute atomic E-state index is 0.185. The van der Waals surface area contributed by atoms with Gasteiger partial charge in [0.25, 0.3) is 0 Å². The van der Waals surface area contributed by atoms with Gasteiger partial charge < -0.3 is 15.2 Å². The molecule has 0 aromatic carbocycles. The Bertz CT molecular complexity index is 349. The molecule has 1 aromatic rings. The highest BCUT2D eigenvalue weighted by atomic mass is 32.1. The molecule has 0 fully saturated rings. The number of ether oxygens (including phenoxy) is 1. The number of esters is 1. The average molecular weight is 257 g/mol. The van der Waals surface area contributed by atoms with Crippen LogP contribution in [0, 0.1) is 0 Å². The molecule has 2 N–H and O–H groups in total. The second-order valence-electron chi connectivity index (χ2n) is 4.38. The molecule has 96 valence electrons. The lowest BCUT2D eigenvalue weighted by Gasteiger charge is -2.23. The molecule has 1 heterocycles. The minimum Gasteiger partial charge on any atom is -0.467 e. The van der Waals surface area contributed by atoms with Crippen LogP contribution in [0.4, 0.5) is 0 Å². The molecular weight excluding hydrogens is 238 g/mol. The normalized spacial score (nSPS) is 16.2. The lowest BCUT2D eigenvalue weighted by molar-refractivity contribution is -0.160. The Morgan fingerprint density at radius 3 is 2.94 bits per heavy atom. The van der Waals surface area contributed by atoms with Gasteiger partial charge in [-0.25, -0.2) is 4.79 Å². The van der Waals surface area contributed by atoms with Gasteiger partial charge in [0.05, 0.1) is 7.11 Å². The topological polar surface area (TPSA) is 58.6 Å². The summed E-state index contributed by atoms with van der Waals surface area (Å²) in [6.45, 7) is 3.65. The van der Waals surface area contributed by atoms with E-state index in [2.05, 4.69) is 21.5 Å². The van der Waals surface area contributed by atoms with Crippen molar-refractivity contribution >= 4 is 17.3 Å². The van der Waals surface area contributed by atoms with E-state index in [1.807, 2.05) is 12.3 Å². The summed E-state index contributed by atoms with van der Waals surface area (Å²) >= 11 is 1.66.